The van der Waals surface area contributed by atoms with Crippen molar-refractivity contribution in [2.75, 3.05) is 31.4 Å². The second kappa shape index (κ2) is 11.1. The van der Waals surface area contributed by atoms with Gasteiger partial charge in [0.2, 0.25) is 5.91 Å². The predicted molar refractivity (Wildman–Crippen MR) is 140 cm³/mol. The number of methoxy groups -OCH3 is 1. The molecule has 1 saturated carbocycles. The summed E-state index contributed by atoms with van der Waals surface area (Å²) >= 11 is 0. The van der Waals surface area contributed by atoms with Crippen LogP contribution in [0.1, 0.15) is 40.7 Å². The van der Waals surface area contributed by atoms with Gasteiger partial charge in [-0.2, -0.15) is 0 Å². The van der Waals surface area contributed by atoms with Crippen molar-refractivity contribution in [1.82, 2.24) is 4.90 Å². The van der Waals surface area contributed by atoms with Crippen LogP contribution >= 0.6 is 0 Å². The Morgan fingerprint density at radius 1 is 0.943 bits per heavy atom. The van der Waals surface area contributed by atoms with Gasteiger partial charge in [-0.1, -0.05) is 36.8 Å². The third-order valence-corrected chi connectivity index (χ3v) is 6.51. The number of amides is 2. The van der Waals surface area contributed by atoms with Gasteiger partial charge in [0, 0.05) is 50.0 Å². The van der Waals surface area contributed by atoms with Crippen LogP contribution in [0, 0.1) is 5.92 Å². The van der Waals surface area contributed by atoms with E-state index in [1.54, 1.807) is 31.4 Å². The molecular formula is C29H33N3O3. The number of nitrogens with zero attached hydrogens (tertiary/aromatic N) is 2. The summed E-state index contributed by atoms with van der Waals surface area (Å²) in [5.74, 6) is 0.833. The standard InChI is InChI=1S/C29H33N3O3/c1-31(2)27-17-14-25(30-28(33)22-10-7-11-22)18-24(27)20-32(19-21-8-5-4-6-9-21)29(34)23-12-15-26(35-3)16-13-23/h4-6,8-9,12-18,22H,7,10-11,19-20H2,1-3H3,(H,30,33). The molecule has 0 radical (unpaired) electrons. The maximum Gasteiger partial charge on any atom is 0.254 e. The molecule has 3 aromatic carbocycles. The van der Waals surface area contributed by atoms with Gasteiger partial charge in [-0.05, 0) is 66.4 Å². The average molecular weight is 472 g/mol. The molecule has 0 aromatic heterocycles. The summed E-state index contributed by atoms with van der Waals surface area (Å²) in [5, 5.41) is 3.07. The van der Waals surface area contributed by atoms with Gasteiger partial charge in [0.25, 0.3) is 5.91 Å². The first-order valence-corrected chi connectivity index (χ1v) is 12.0. The minimum atomic E-state index is -0.0647. The first-order valence-electron chi connectivity index (χ1n) is 12.0. The van der Waals surface area contributed by atoms with Crippen molar-refractivity contribution in [1.29, 1.82) is 0 Å². The van der Waals surface area contributed by atoms with Crippen LogP contribution in [0.3, 0.4) is 0 Å². The van der Waals surface area contributed by atoms with Crippen LogP contribution in [0.4, 0.5) is 11.4 Å². The Morgan fingerprint density at radius 3 is 2.26 bits per heavy atom. The number of rotatable bonds is 9. The van der Waals surface area contributed by atoms with Crippen molar-refractivity contribution in [2.45, 2.75) is 32.4 Å². The SMILES string of the molecule is COc1ccc(C(=O)N(Cc2ccccc2)Cc2cc(NC(=O)C3CCC3)ccc2N(C)C)cc1. The number of carbonyl (C=O) groups is 2. The number of benzene rings is 3. The molecule has 0 heterocycles. The van der Waals surface area contributed by atoms with E-state index in [9.17, 15) is 9.59 Å². The molecule has 35 heavy (non-hydrogen) atoms. The number of anilines is 2. The monoisotopic (exact) mass is 471 g/mol. The fraction of sp³-hybridized carbons (Fsp3) is 0.310. The highest BCUT2D eigenvalue weighted by atomic mass is 16.5. The largest absolute Gasteiger partial charge is 0.497 e. The Balaban J connectivity index is 1.63. The van der Waals surface area contributed by atoms with Crippen LogP contribution in [-0.2, 0) is 17.9 Å². The fourth-order valence-corrected chi connectivity index (χ4v) is 4.27. The Morgan fingerprint density at radius 2 is 1.66 bits per heavy atom. The summed E-state index contributed by atoms with van der Waals surface area (Å²) in [6, 6.07) is 23.1. The Hall–Kier alpha value is -3.80. The van der Waals surface area contributed by atoms with Crippen LogP contribution in [0.5, 0.6) is 5.75 Å². The molecule has 3 aromatic rings. The van der Waals surface area contributed by atoms with Crippen LogP contribution in [0.15, 0.2) is 72.8 Å². The lowest BCUT2D eigenvalue weighted by Crippen LogP contribution is -2.31. The minimum Gasteiger partial charge on any atom is -0.497 e. The van der Waals surface area contributed by atoms with Crippen molar-refractivity contribution in [2.24, 2.45) is 5.92 Å². The van der Waals surface area contributed by atoms with E-state index >= 15 is 0 Å². The Labute approximate surface area is 207 Å². The molecular weight excluding hydrogens is 438 g/mol. The quantitative estimate of drug-likeness (QED) is 0.457. The zero-order valence-electron chi connectivity index (χ0n) is 20.7. The Bertz CT molecular complexity index is 1160. The summed E-state index contributed by atoms with van der Waals surface area (Å²) in [5.41, 5.74) is 4.39. The normalized spacial score (nSPS) is 13.0. The Kier molecular flexibility index (Phi) is 7.70. The van der Waals surface area contributed by atoms with Gasteiger partial charge in [-0.15, -0.1) is 0 Å². The number of nitrogens with one attached hydrogen (secondary N) is 1. The van der Waals surface area contributed by atoms with Crippen molar-refractivity contribution in [3.63, 3.8) is 0 Å². The molecule has 0 bridgehead atoms. The zero-order chi connectivity index (χ0) is 24.8. The smallest absolute Gasteiger partial charge is 0.254 e. The van der Waals surface area contributed by atoms with Gasteiger partial charge in [0.1, 0.15) is 5.75 Å². The maximum absolute atomic E-state index is 13.6. The van der Waals surface area contributed by atoms with Crippen LogP contribution in [0.25, 0.3) is 0 Å². The summed E-state index contributed by atoms with van der Waals surface area (Å²) in [6.45, 7) is 0.873. The van der Waals surface area contributed by atoms with Crippen LogP contribution < -0.4 is 15.0 Å². The summed E-state index contributed by atoms with van der Waals surface area (Å²) < 4.78 is 5.25. The van der Waals surface area contributed by atoms with Crippen molar-refractivity contribution in [3.05, 3.63) is 89.5 Å². The molecule has 0 unspecified atom stereocenters. The van der Waals surface area contributed by atoms with Crippen molar-refractivity contribution < 1.29 is 14.3 Å². The highest BCUT2D eigenvalue weighted by molar-refractivity contribution is 5.95. The topological polar surface area (TPSA) is 61.9 Å². The highest BCUT2D eigenvalue weighted by Gasteiger charge is 2.25. The van der Waals surface area contributed by atoms with Gasteiger partial charge < -0.3 is 19.9 Å². The minimum absolute atomic E-state index is 0.0647. The van der Waals surface area contributed by atoms with E-state index in [4.69, 9.17) is 4.74 Å². The van der Waals surface area contributed by atoms with Gasteiger partial charge in [0.05, 0.1) is 7.11 Å². The maximum atomic E-state index is 13.6. The molecule has 1 aliphatic carbocycles. The van der Waals surface area contributed by atoms with Gasteiger partial charge in [-0.3, -0.25) is 9.59 Å². The lowest BCUT2D eigenvalue weighted by molar-refractivity contribution is -0.122. The van der Waals surface area contributed by atoms with E-state index in [1.165, 1.54) is 0 Å². The number of carbonyl (C=O) groups excluding carboxylic acids is 2. The average Bonchev–Trinajstić information content (AvgIpc) is 2.82. The fourth-order valence-electron chi connectivity index (χ4n) is 4.27. The van der Waals surface area contributed by atoms with Gasteiger partial charge >= 0.3 is 0 Å². The molecule has 1 fully saturated rings. The second-order valence-corrected chi connectivity index (χ2v) is 9.23. The lowest BCUT2D eigenvalue weighted by atomic mass is 9.85. The van der Waals surface area contributed by atoms with E-state index in [-0.39, 0.29) is 17.7 Å². The van der Waals surface area contributed by atoms with Crippen LogP contribution in [0.2, 0.25) is 0 Å². The molecule has 0 spiro atoms. The first-order chi connectivity index (χ1) is 16.9. The third-order valence-electron chi connectivity index (χ3n) is 6.51. The number of hydrogen-bond acceptors (Lipinski definition) is 4. The van der Waals surface area contributed by atoms with E-state index in [0.717, 1.165) is 41.8 Å². The lowest BCUT2D eigenvalue weighted by Gasteiger charge is -2.27. The summed E-state index contributed by atoms with van der Waals surface area (Å²) in [6.07, 6.45) is 3.02. The van der Waals surface area contributed by atoms with Crippen LogP contribution in [-0.4, -0.2) is 37.9 Å². The van der Waals surface area contributed by atoms with Crippen molar-refractivity contribution in [3.8, 4) is 5.75 Å². The van der Waals surface area contributed by atoms with E-state index in [1.807, 2.05) is 72.4 Å². The van der Waals surface area contributed by atoms with E-state index in [2.05, 4.69) is 5.32 Å². The van der Waals surface area contributed by atoms with E-state index < -0.39 is 0 Å². The highest BCUT2D eigenvalue weighted by Crippen LogP contribution is 2.30. The molecule has 4 rings (SSSR count). The molecule has 1 aliphatic rings. The third kappa shape index (κ3) is 6.01. The molecule has 0 atom stereocenters. The predicted octanol–water partition coefficient (Wildman–Crippen LogP) is 5.34. The number of hydrogen-bond donors (Lipinski definition) is 1. The first kappa shape index (κ1) is 24.3. The van der Waals surface area contributed by atoms with Crippen molar-refractivity contribution >= 4 is 23.2 Å². The zero-order valence-corrected chi connectivity index (χ0v) is 20.7. The molecule has 182 valence electrons. The van der Waals surface area contributed by atoms with Gasteiger partial charge in [0.15, 0.2) is 0 Å². The summed E-state index contributed by atoms with van der Waals surface area (Å²) in [7, 11) is 5.58. The number of ether oxygens (including phenoxy) is 1. The molecule has 6 nitrogen and oxygen atoms in total. The molecule has 1 N–H and O–H groups in total. The molecule has 6 heteroatoms. The summed E-state index contributed by atoms with van der Waals surface area (Å²) in [4.78, 5) is 30.0. The second-order valence-electron chi connectivity index (χ2n) is 9.23. The van der Waals surface area contributed by atoms with Gasteiger partial charge in [-0.25, -0.2) is 0 Å². The molecule has 2 amide bonds. The van der Waals surface area contributed by atoms with E-state index in [0.29, 0.717) is 24.4 Å². The molecule has 0 aliphatic heterocycles. The molecule has 0 saturated heterocycles.